The number of carboxylic acid groups (broad SMARTS) is 1. The molecular weight excluding hydrogens is 256 g/mol. The van der Waals surface area contributed by atoms with Gasteiger partial charge >= 0.3 is 5.97 Å². The number of carboxylic acids is 1. The van der Waals surface area contributed by atoms with E-state index in [0.29, 0.717) is 23.4 Å². The van der Waals surface area contributed by atoms with Crippen LogP contribution in [0.15, 0.2) is 22.3 Å². The summed E-state index contributed by atoms with van der Waals surface area (Å²) >= 11 is 1.11. The molecule has 1 aliphatic carbocycles. The molecule has 0 amide bonds. The smallest absolute Gasteiger partial charge is 0.327 e. The molecule has 0 saturated carbocycles. The van der Waals surface area contributed by atoms with Crippen LogP contribution in [-0.4, -0.2) is 41.0 Å². The summed E-state index contributed by atoms with van der Waals surface area (Å²) < 4.78 is 0. The first kappa shape index (κ1) is 12.8. The predicted octanol–water partition coefficient (Wildman–Crippen LogP) is -0.585. The van der Waals surface area contributed by atoms with E-state index in [1.807, 2.05) is 0 Å². The highest BCUT2D eigenvalue weighted by molar-refractivity contribution is 8.04. The van der Waals surface area contributed by atoms with Crippen molar-refractivity contribution in [3.63, 3.8) is 0 Å². The van der Waals surface area contributed by atoms with E-state index in [0.717, 1.165) is 11.8 Å². The zero-order valence-electron chi connectivity index (χ0n) is 9.43. The summed E-state index contributed by atoms with van der Waals surface area (Å²) in [4.78, 5) is 35.0. The fraction of sp³-hybridized carbons (Fsp3) is 0.364. The Morgan fingerprint density at radius 3 is 2.89 bits per heavy atom. The van der Waals surface area contributed by atoms with Gasteiger partial charge < -0.3 is 16.2 Å². The van der Waals surface area contributed by atoms with Gasteiger partial charge in [-0.15, -0.1) is 11.8 Å². The third kappa shape index (κ3) is 2.19. The lowest BCUT2D eigenvalue weighted by Gasteiger charge is -2.27. The molecule has 0 aromatic carbocycles. The second-order valence-electron chi connectivity index (χ2n) is 3.95. The largest absolute Gasteiger partial charge is 0.480 e. The zero-order chi connectivity index (χ0) is 13.3. The number of nitrogens with two attached hydrogens (primary N) is 1. The maximum Gasteiger partial charge on any atom is 0.327 e. The first-order valence-electron chi connectivity index (χ1n) is 5.40. The molecule has 1 unspecified atom stereocenters. The minimum absolute atomic E-state index is 0.101. The van der Waals surface area contributed by atoms with Gasteiger partial charge in [0.05, 0.1) is 4.91 Å². The van der Waals surface area contributed by atoms with E-state index in [1.54, 1.807) is 0 Å². The second-order valence-corrected chi connectivity index (χ2v) is 4.98. The summed E-state index contributed by atoms with van der Waals surface area (Å²) in [7, 11) is 0. The molecule has 0 bridgehead atoms. The third-order valence-corrected chi connectivity index (χ3v) is 3.88. The molecule has 0 saturated heterocycles. The van der Waals surface area contributed by atoms with Crippen LogP contribution in [0.25, 0.3) is 0 Å². The normalized spacial score (nSPS) is 23.4. The predicted molar refractivity (Wildman–Crippen MR) is 65.8 cm³/mol. The van der Waals surface area contributed by atoms with Crippen molar-refractivity contribution in [2.45, 2.75) is 12.5 Å². The standard InChI is InChI=1S/C11H12N2O4S/c12-2-1-5-3-7(14)8-10(9(5)15)18-4-6(13-8)11(16)17/h3,6,13H,1-2,4,12H2,(H,16,17). The number of rotatable bonds is 3. The summed E-state index contributed by atoms with van der Waals surface area (Å²) in [6.07, 6.45) is 1.59. The van der Waals surface area contributed by atoms with Gasteiger partial charge in [-0.2, -0.15) is 0 Å². The summed E-state index contributed by atoms with van der Waals surface area (Å²) in [6, 6.07) is -0.838. The van der Waals surface area contributed by atoms with Gasteiger partial charge in [-0.05, 0) is 19.0 Å². The molecule has 6 nitrogen and oxygen atoms in total. The summed E-state index contributed by atoms with van der Waals surface area (Å²) in [5.74, 6) is -1.39. The van der Waals surface area contributed by atoms with Crippen LogP contribution in [0.1, 0.15) is 6.42 Å². The van der Waals surface area contributed by atoms with Crippen molar-refractivity contribution in [2.75, 3.05) is 12.3 Å². The molecule has 18 heavy (non-hydrogen) atoms. The highest BCUT2D eigenvalue weighted by Crippen LogP contribution is 2.32. The van der Waals surface area contributed by atoms with Crippen LogP contribution >= 0.6 is 11.8 Å². The highest BCUT2D eigenvalue weighted by Gasteiger charge is 2.35. The van der Waals surface area contributed by atoms with E-state index in [4.69, 9.17) is 10.8 Å². The number of carbonyl (C=O) groups is 3. The molecule has 1 atom stereocenters. The lowest BCUT2D eigenvalue weighted by atomic mass is 9.97. The van der Waals surface area contributed by atoms with Gasteiger partial charge in [-0.25, -0.2) is 4.79 Å². The first-order chi connectivity index (χ1) is 8.54. The van der Waals surface area contributed by atoms with Crippen molar-refractivity contribution >= 4 is 29.3 Å². The molecule has 4 N–H and O–H groups in total. The summed E-state index contributed by atoms with van der Waals surface area (Å²) in [5, 5.41) is 11.5. The van der Waals surface area contributed by atoms with Gasteiger partial charge in [0.25, 0.3) is 0 Å². The minimum Gasteiger partial charge on any atom is -0.480 e. The minimum atomic E-state index is -1.04. The van der Waals surface area contributed by atoms with Gasteiger partial charge in [0.1, 0.15) is 11.7 Å². The van der Waals surface area contributed by atoms with Crippen LogP contribution in [-0.2, 0) is 14.4 Å². The molecule has 2 aliphatic rings. The SMILES string of the molecule is NCCC1=CC(=O)C2=C(SCC(C(=O)O)N2)C1=O. The first-order valence-corrected chi connectivity index (χ1v) is 6.39. The van der Waals surface area contributed by atoms with Crippen molar-refractivity contribution in [1.82, 2.24) is 5.32 Å². The zero-order valence-corrected chi connectivity index (χ0v) is 10.3. The van der Waals surface area contributed by atoms with Crippen LogP contribution in [0, 0.1) is 0 Å². The Morgan fingerprint density at radius 1 is 1.56 bits per heavy atom. The Bertz CT molecular complexity index is 495. The van der Waals surface area contributed by atoms with E-state index >= 15 is 0 Å². The molecule has 1 heterocycles. The quantitative estimate of drug-likeness (QED) is 0.587. The van der Waals surface area contributed by atoms with Crippen LogP contribution in [0.2, 0.25) is 0 Å². The van der Waals surface area contributed by atoms with Crippen LogP contribution in [0.5, 0.6) is 0 Å². The molecule has 0 radical (unpaired) electrons. The summed E-state index contributed by atoms with van der Waals surface area (Å²) in [5.41, 5.74) is 5.87. The average molecular weight is 268 g/mol. The van der Waals surface area contributed by atoms with Crippen molar-refractivity contribution in [1.29, 1.82) is 0 Å². The van der Waals surface area contributed by atoms with Gasteiger partial charge in [0.15, 0.2) is 5.78 Å². The maximum absolute atomic E-state index is 12.0. The van der Waals surface area contributed by atoms with Crippen molar-refractivity contribution in [2.24, 2.45) is 5.73 Å². The number of nitrogens with one attached hydrogen (secondary N) is 1. The van der Waals surface area contributed by atoms with Crippen molar-refractivity contribution < 1.29 is 19.5 Å². The third-order valence-electron chi connectivity index (χ3n) is 2.70. The molecule has 2 rings (SSSR count). The molecule has 0 spiro atoms. The van der Waals surface area contributed by atoms with Gasteiger partial charge in [0, 0.05) is 11.3 Å². The van der Waals surface area contributed by atoms with Crippen molar-refractivity contribution in [3.05, 3.63) is 22.3 Å². The van der Waals surface area contributed by atoms with E-state index in [2.05, 4.69) is 5.32 Å². The monoisotopic (exact) mass is 268 g/mol. The maximum atomic E-state index is 12.0. The average Bonchev–Trinajstić information content (AvgIpc) is 2.35. The fourth-order valence-electron chi connectivity index (χ4n) is 1.80. The van der Waals surface area contributed by atoms with E-state index in [9.17, 15) is 14.4 Å². The molecule has 1 aliphatic heterocycles. The molecule has 7 heteroatoms. The molecule has 0 aromatic rings. The van der Waals surface area contributed by atoms with Crippen LogP contribution in [0.3, 0.4) is 0 Å². The van der Waals surface area contributed by atoms with Gasteiger partial charge in [0.2, 0.25) is 5.78 Å². The van der Waals surface area contributed by atoms with E-state index in [1.165, 1.54) is 6.08 Å². The topological polar surface area (TPSA) is 109 Å². The Balaban J connectivity index is 2.28. The fourth-order valence-corrected chi connectivity index (χ4v) is 2.92. The Kier molecular flexibility index (Phi) is 3.53. The molecular formula is C11H12N2O4S. The Hall–Kier alpha value is -1.60. The van der Waals surface area contributed by atoms with Gasteiger partial charge in [-0.1, -0.05) is 0 Å². The van der Waals surface area contributed by atoms with E-state index in [-0.39, 0.29) is 23.0 Å². The summed E-state index contributed by atoms with van der Waals surface area (Å²) in [6.45, 7) is 0.295. The molecule has 0 fully saturated rings. The second kappa shape index (κ2) is 4.95. The van der Waals surface area contributed by atoms with Gasteiger partial charge in [-0.3, -0.25) is 9.59 Å². The number of ketones is 2. The molecule has 0 aromatic heterocycles. The number of aliphatic carboxylic acids is 1. The highest BCUT2D eigenvalue weighted by atomic mass is 32.2. The van der Waals surface area contributed by atoms with Crippen LogP contribution < -0.4 is 11.1 Å². The van der Waals surface area contributed by atoms with E-state index < -0.39 is 12.0 Å². The Morgan fingerprint density at radius 2 is 2.28 bits per heavy atom. The molecule has 96 valence electrons. The number of allylic oxidation sites excluding steroid dienone is 2. The lowest BCUT2D eigenvalue weighted by Crippen LogP contribution is -2.44. The lowest BCUT2D eigenvalue weighted by molar-refractivity contribution is -0.138. The Labute approximate surface area is 107 Å². The number of Topliss-reactive ketones (excluding diaryl/α,β-unsaturated/α-hetero) is 1. The number of thioether (sulfide) groups is 1. The number of hydrogen-bond donors (Lipinski definition) is 3. The number of hydrogen-bond acceptors (Lipinski definition) is 6. The van der Waals surface area contributed by atoms with Crippen molar-refractivity contribution in [3.8, 4) is 0 Å². The number of carbonyl (C=O) groups excluding carboxylic acids is 2. The van der Waals surface area contributed by atoms with Crippen LogP contribution in [0.4, 0.5) is 0 Å².